The molecule has 3 rings (SSSR count). The van der Waals surface area contributed by atoms with Crippen LogP contribution in [0.5, 0.6) is 0 Å². The van der Waals surface area contributed by atoms with Crippen molar-refractivity contribution < 1.29 is 9.18 Å². The number of halogens is 1. The number of nitrogens with zero attached hydrogens (tertiary/aromatic N) is 4. The lowest BCUT2D eigenvalue weighted by Gasteiger charge is -2.25. The minimum atomic E-state index is -0.245. The summed E-state index contributed by atoms with van der Waals surface area (Å²) in [5, 5.41) is 3.85. The SMILES string of the molecule is CC(C)N(CCC(=O)NCCN1CCCC1)c1nc(Cc2ccc(F)cc2)ns1. The standard InChI is InChI=1S/C21H30FN5OS/c1-16(2)27(13-9-20(28)23-10-14-26-11-3-4-12-26)21-24-19(25-29-21)15-17-5-7-18(22)8-6-17/h5-8,16H,3-4,9-15H2,1-2H3,(H,23,28). The molecule has 1 aliphatic heterocycles. The summed E-state index contributed by atoms with van der Waals surface area (Å²) >= 11 is 1.35. The van der Waals surface area contributed by atoms with Crippen molar-refractivity contribution in [3.05, 3.63) is 41.5 Å². The van der Waals surface area contributed by atoms with E-state index < -0.39 is 0 Å². The fraction of sp³-hybridized carbons (Fsp3) is 0.571. The van der Waals surface area contributed by atoms with Crippen LogP contribution in [-0.4, -0.2) is 58.9 Å². The van der Waals surface area contributed by atoms with Gasteiger partial charge in [0.25, 0.3) is 0 Å². The number of likely N-dealkylation sites (tertiary alicyclic amines) is 1. The van der Waals surface area contributed by atoms with Crippen LogP contribution in [0.2, 0.25) is 0 Å². The van der Waals surface area contributed by atoms with Gasteiger partial charge < -0.3 is 15.1 Å². The number of hydrogen-bond acceptors (Lipinski definition) is 6. The van der Waals surface area contributed by atoms with Gasteiger partial charge in [-0.2, -0.15) is 4.37 Å². The monoisotopic (exact) mass is 419 g/mol. The van der Waals surface area contributed by atoms with Gasteiger partial charge in [0.1, 0.15) is 11.6 Å². The van der Waals surface area contributed by atoms with E-state index in [2.05, 4.69) is 38.3 Å². The Bertz CT molecular complexity index is 774. The van der Waals surface area contributed by atoms with Crippen molar-refractivity contribution >= 4 is 22.6 Å². The lowest BCUT2D eigenvalue weighted by atomic mass is 10.1. The van der Waals surface area contributed by atoms with Gasteiger partial charge in [0, 0.05) is 50.1 Å². The van der Waals surface area contributed by atoms with Crippen LogP contribution in [0, 0.1) is 5.82 Å². The molecule has 2 aromatic rings. The van der Waals surface area contributed by atoms with Crippen LogP contribution in [0.1, 0.15) is 44.5 Å². The van der Waals surface area contributed by atoms with Gasteiger partial charge in [0.05, 0.1) is 0 Å². The maximum Gasteiger partial charge on any atom is 0.221 e. The van der Waals surface area contributed by atoms with Crippen molar-refractivity contribution in [3.63, 3.8) is 0 Å². The number of aromatic nitrogens is 2. The second kappa shape index (κ2) is 10.6. The molecule has 0 saturated carbocycles. The Balaban J connectivity index is 1.48. The summed E-state index contributed by atoms with van der Waals surface area (Å²) in [4.78, 5) is 21.4. The number of hydrogen-bond donors (Lipinski definition) is 1. The minimum absolute atomic E-state index is 0.0749. The first-order valence-electron chi connectivity index (χ1n) is 10.3. The predicted octanol–water partition coefficient (Wildman–Crippen LogP) is 3.08. The molecule has 1 aliphatic rings. The van der Waals surface area contributed by atoms with E-state index in [4.69, 9.17) is 0 Å². The van der Waals surface area contributed by atoms with Crippen LogP contribution in [0.15, 0.2) is 24.3 Å². The summed E-state index contributed by atoms with van der Waals surface area (Å²) in [5.41, 5.74) is 0.976. The quantitative estimate of drug-likeness (QED) is 0.641. The molecule has 1 aromatic carbocycles. The van der Waals surface area contributed by atoms with E-state index in [1.807, 2.05) is 0 Å². The first kappa shape index (κ1) is 21.6. The lowest BCUT2D eigenvalue weighted by molar-refractivity contribution is -0.120. The summed E-state index contributed by atoms with van der Waals surface area (Å²) in [6, 6.07) is 6.63. The van der Waals surface area contributed by atoms with Gasteiger partial charge in [-0.1, -0.05) is 12.1 Å². The van der Waals surface area contributed by atoms with Gasteiger partial charge >= 0.3 is 0 Å². The first-order chi connectivity index (χ1) is 14.0. The van der Waals surface area contributed by atoms with Crippen molar-refractivity contribution in [2.24, 2.45) is 0 Å². The maximum absolute atomic E-state index is 13.1. The highest BCUT2D eigenvalue weighted by Gasteiger charge is 2.18. The normalized spacial score (nSPS) is 14.5. The van der Waals surface area contributed by atoms with Crippen molar-refractivity contribution in [3.8, 4) is 0 Å². The average Bonchev–Trinajstić information content (AvgIpc) is 3.36. The summed E-state index contributed by atoms with van der Waals surface area (Å²) < 4.78 is 17.5. The number of nitrogens with one attached hydrogen (secondary N) is 1. The zero-order valence-electron chi connectivity index (χ0n) is 17.2. The molecule has 0 aliphatic carbocycles. The highest BCUT2D eigenvalue weighted by Crippen LogP contribution is 2.21. The molecule has 1 saturated heterocycles. The molecule has 8 heteroatoms. The molecule has 1 amide bonds. The summed E-state index contributed by atoms with van der Waals surface area (Å²) in [6.45, 7) is 8.73. The largest absolute Gasteiger partial charge is 0.355 e. The molecule has 0 bridgehead atoms. The van der Waals surface area contributed by atoms with E-state index in [0.717, 1.165) is 36.2 Å². The number of benzene rings is 1. The molecule has 0 atom stereocenters. The van der Waals surface area contributed by atoms with E-state index in [1.165, 1.54) is 36.5 Å². The molecule has 0 spiro atoms. The molecule has 1 aromatic heterocycles. The third-order valence-electron chi connectivity index (χ3n) is 5.13. The second-order valence-corrected chi connectivity index (χ2v) is 8.46. The van der Waals surface area contributed by atoms with E-state index in [1.54, 1.807) is 12.1 Å². The molecule has 2 heterocycles. The topological polar surface area (TPSA) is 61.4 Å². The molecular weight excluding hydrogens is 389 g/mol. The Hall–Kier alpha value is -2.06. The van der Waals surface area contributed by atoms with Gasteiger partial charge in [0.2, 0.25) is 11.0 Å². The molecule has 29 heavy (non-hydrogen) atoms. The third kappa shape index (κ3) is 6.75. The molecule has 0 unspecified atom stereocenters. The van der Waals surface area contributed by atoms with Crippen molar-refractivity contribution in [2.45, 2.75) is 45.6 Å². The molecular formula is C21H30FN5OS. The number of rotatable bonds is 10. The number of amides is 1. The second-order valence-electron chi connectivity index (χ2n) is 7.73. The predicted molar refractivity (Wildman–Crippen MR) is 115 cm³/mol. The number of carbonyl (C=O) groups is 1. The van der Waals surface area contributed by atoms with Crippen LogP contribution >= 0.6 is 11.5 Å². The third-order valence-corrected chi connectivity index (χ3v) is 5.92. The zero-order valence-corrected chi connectivity index (χ0v) is 18.1. The number of anilines is 1. The van der Waals surface area contributed by atoms with Crippen LogP contribution in [-0.2, 0) is 11.2 Å². The summed E-state index contributed by atoms with van der Waals surface area (Å²) in [5.74, 6) is 0.550. The average molecular weight is 420 g/mol. The summed E-state index contributed by atoms with van der Waals surface area (Å²) in [7, 11) is 0. The maximum atomic E-state index is 13.1. The van der Waals surface area contributed by atoms with Gasteiger partial charge in [-0.25, -0.2) is 9.37 Å². The highest BCUT2D eigenvalue weighted by atomic mass is 32.1. The molecule has 0 radical (unpaired) electrons. The van der Waals surface area contributed by atoms with Gasteiger partial charge in [-0.15, -0.1) is 0 Å². The minimum Gasteiger partial charge on any atom is -0.355 e. The van der Waals surface area contributed by atoms with Crippen LogP contribution in [0.3, 0.4) is 0 Å². The number of carbonyl (C=O) groups excluding carboxylic acids is 1. The Morgan fingerprint density at radius 2 is 2.00 bits per heavy atom. The smallest absolute Gasteiger partial charge is 0.221 e. The van der Waals surface area contributed by atoms with Gasteiger partial charge in [0.15, 0.2) is 0 Å². The highest BCUT2D eigenvalue weighted by molar-refractivity contribution is 7.09. The van der Waals surface area contributed by atoms with Crippen molar-refractivity contribution in [1.82, 2.24) is 19.6 Å². The van der Waals surface area contributed by atoms with Gasteiger partial charge in [-0.3, -0.25) is 4.79 Å². The van der Waals surface area contributed by atoms with Crippen LogP contribution < -0.4 is 10.2 Å². The molecule has 1 N–H and O–H groups in total. The summed E-state index contributed by atoms with van der Waals surface area (Å²) in [6.07, 6.45) is 3.54. The Morgan fingerprint density at radius 1 is 1.28 bits per heavy atom. The Labute approximate surface area is 176 Å². The van der Waals surface area contributed by atoms with E-state index in [9.17, 15) is 9.18 Å². The van der Waals surface area contributed by atoms with E-state index in [0.29, 0.717) is 25.9 Å². The lowest BCUT2D eigenvalue weighted by Crippen LogP contribution is -2.37. The van der Waals surface area contributed by atoms with Crippen LogP contribution in [0.4, 0.5) is 9.52 Å². The first-order valence-corrected chi connectivity index (χ1v) is 11.1. The zero-order chi connectivity index (χ0) is 20.6. The van der Waals surface area contributed by atoms with Crippen molar-refractivity contribution in [2.75, 3.05) is 37.6 Å². The molecule has 6 nitrogen and oxygen atoms in total. The van der Waals surface area contributed by atoms with Crippen LogP contribution in [0.25, 0.3) is 0 Å². The fourth-order valence-electron chi connectivity index (χ4n) is 3.46. The van der Waals surface area contributed by atoms with Gasteiger partial charge in [-0.05, 0) is 57.5 Å². The van der Waals surface area contributed by atoms with E-state index in [-0.39, 0.29) is 17.8 Å². The Morgan fingerprint density at radius 3 is 2.69 bits per heavy atom. The Kier molecular flexibility index (Phi) is 7.94. The molecule has 1 fully saturated rings. The van der Waals surface area contributed by atoms with Crippen molar-refractivity contribution in [1.29, 1.82) is 0 Å². The molecule has 158 valence electrons. The fourth-order valence-corrected chi connectivity index (χ4v) is 4.31. The van der Waals surface area contributed by atoms with E-state index >= 15 is 0 Å².